The molecule has 1 saturated heterocycles. The minimum absolute atomic E-state index is 0.00180. The lowest BCUT2D eigenvalue weighted by Crippen LogP contribution is -2.55. The molecular formula is C19H16ClN5O3. The van der Waals surface area contributed by atoms with E-state index in [2.05, 4.69) is 26.8 Å². The number of nitrogens with zero attached hydrogens (tertiary/aromatic N) is 4. The summed E-state index contributed by atoms with van der Waals surface area (Å²) in [5, 5.41) is 12.9. The van der Waals surface area contributed by atoms with Crippen LogP contribution in [0.5, 0.6) is 11.6 Å². The van der Waals surface area contributed by atoms with Gasteiger partial charge in [-0.15, -0.1) is 0 Å². The van der Waals surface area contributed by atoms with Crippen molar-refractivity contribution in [1.29, 1.82) is 0 Å². The number of phenols is 1. The van der Waals surface area contributed by atoms with E-state index in [-0.39, 0.29) is 22.8 Å². The number of phenolic OH excluding ortho intramolecular Hbond substituents is 1. The largest absolute Gasteiger partial charge is 0.506 e. The van der Waals surface area contributed by atoms with Crippen molar-refractivity contribution >= 4 is 40.0 Å². The first-order valence-corrected chi connectivity index (χ1v) is 8.86. The third-order valence-electron chi connectivity index (χ3n) is 4.29. The third kappa shape index (κ3) is 3.54. The summed E-state index contributed by atoms with van der Waals surface area (Å²) in [6.45, 7) is 4.46. The fourth-order valence-corrected chi connectivity index (χ4v) is 2.97. The molecule has 28 heavy (non-hydrogen) atoms. The molecule has 3 heterocycles. The van der Waals surface area contributed by atoms with E-state index in [4.69, 9.17) is 16.3 Å². The zero-order valence-corrected chi connectivity index (χ0v) is 15.4. The maximum absolute atomic E-state index is 11.5. The van der Waals surface area contributed by atoms with Gasteiger partial charge in [-0.2, -0.15) is 0 Å². The summed E-state index contributed by atoms with van der Waals surface area (Å²) in [6.07, 6.45) is 2.60. The topological polar surface area (TPSA) is 100 Å². The highest BCUT2D eigenvalue weighted by atomic mass is 35.5. The van der Waals surface area contributed by atoms with E-state index in [0.717, 1.165) is 0 Å². The number of nitrogens with one attached hydrogen (secondary N) is 1. The second-order valence-corrected chi connectivity index (χ2v) is 6.63. The number of aromatic nitrogens is 3. The van der Waals surface area contributed by atoms with Gasteiger partial charge in [-0.25, -0.2) is 15.0 Å². The van der Waals surface area contributed by atoms with Crippen LogP contribution < -0.4 is 10.1 Å². The highest BCUT2D eigenvalue weighted by molar-refractivity contribution is 6.32. The minimum atomic E-state index is -0.120. The first-order valence-electron chi connectivity index (χ1n) is 8.49. The van der Waals surface area contributed by atoms with Crippen LogP contribution in [0.25, 0.3) is 11.0 Å². The van der Waals surface area contributed by atoms with E-state index in [0.29, 0.717) is 41.5 Å². The normalized spacial score (nSPS) is 13.8. The molecule has 9 heteroatoms. The Labute approximate surface area is 165 Å². The van der Waals surface area contributed by atoms with Gasteiger partial charge in [0.05, 0.1) is 23.6 Å². The van der Waals surface area contributed by atoms with Crippen molar-refractivity contribution in [3.63, 3.8) is 0 Å². The Bertz CT molecular complexity index is 1070. The minimum Gasteiger partial charge on any atom is -0.506 e. The van der Waals surface area contributed by atoms with E-state index in [9.17, 15) is 9.90 Å². The van der Waals surface area contributed by atoms with Gasteiger partial charge in [0.2, 0.25) is 11.8 Å². The SMILES string of the molecule is C=CC(=O)N1CC(Oc2ccc3ncnc(Nc4ccc(O)c(Cl)c4)c3n2)C1. The molecule has 0 saturated carbocycles. The molecule has 142 valence electrons. The fourth-order valence-electron chi connectivity index (χ4n) is 2.79. The maximum atomic E-state index is 11.5. The Morgan fingerprint density at radius 1 is 1.32 bits per heavy atom. The molecule has 4 rings (SSSR count). The fraction of sp³-hybridized carbons (Fsp3) is 0.158. The lowest BCUT2D eigenvalue weighted by molar-refractivity contribution is -0.134. The van der Waals surface area contributed by atoms with E-state index in [1.807, 2.05) is 0 Å². The van der Waals surface area contributed by atoms with Crippen molar-refractivity contribution in [3.05, 3.63) is 54.3 Å². The molecule has 0 atom stereocenters. The number of aromatic hydroxyl groups is 1. The second-order valence-electron chi connectivity index (χ2n) is 6.22. The maximum Gasteiger partial charge on any atom is 0.246 e. The van der Waals surface area contributed by atoms with Gasteiger partial charge in [0.1, 0.15) is 23.7 Å². The van der Waals surface area contributed by atoms with E-state index in [1.165, 1.54) is 18.5 Å². The van der Waals surface area contributed by atoms with Crippen molar-refractivity contribution in [2.45, 2.75) is 6.10 Å². The number of halogens is 1. The van der Waals surface area contributed by atoms with Gasteiger partial charge < -0.3 is 20.1 Å². The first kappa shape index (κ1) is 18.0. The molecule has 8 nitrogen and oxygen atoms in total. The average Bonchev–Trinajstić information content (AvgIpc) is 2.67. The molecule has 3 aromatic rings. The number of hydrogen-bond acceptors (Lipinski definition) is 7. The molecule has 0 aliphatic carbocycles. The van der Waals surface area contributed by atoms with Crippen LogP contribution >= 0.6 is 11.6 Å². The Morgan fingerprint density at radius 2 is 2.14 bits per heavy atom. The summed E-state index contributed by atoms with van der Waals surface area (Å²) in [7, 11) is 0. The van der Waals surface area contributed by atoms with Crippen LogP contribution in [0, 0.1) is 0 Å². The number of likely N-dealkylation sites (tertiary alicyclic amines) is 1. The lowest BCUT2D eigenvalue weighted by atomic mass is 10.1. The van der Waals surface area contributed by atoms with Crippen LogP contribution in [-0.2, 0) is 4.79 Å². The number of amides is 1. The van der Waals surface area contributed by atoms with Crippen molar-refractivity contribution in [1.82, 2.24) is 19.9 Å². The van der Waals surface area contributed by atoms with Gasteiger partial charge in [-0.3, -0.25) is 4.79 Å². The number of fused-ring (bicyclic) bond motifs is 1. The molecule has 2 N–H and O–H groups in total. The number of hydrogen-bond donors (Lipinski definition) is 2. The van der Waals surface area contributed by atoms with Crippen LogP contribution in [0.2, 0.25) is 5.02 Å². The summed E-state index contributed by atoms with van der Waals surface area (Å²) in [4.78, 5) is 26.1. The van der Waals surface area contributed by atoms with E-state index < -0.39 is 0 Å². The highest BCUT2D eigenvalue weighted by Crippen LogP contribution is 2.29. The number of carbonyl (C=O) groups is 1. The van der Waals surface area contributed by atoms with Crippen molar-refractivity contribution in [3.8, 4) is 11.6 Å². The molecule has 0 unspecified atom stereocenters. The predicted molar refractivity (Wildman–Crippen MR) is 105 cm³/mol. The third-order valence-corrected chi connectivity index (χ3v) is 4.59. The van der Waals surface area contributed by atoms with Gasteiger partial charge in [-0.05, 0) is 30.3 Å². The Morgan fingerprint density at radius 3 is 2.89 bits per heavy atom. The van der Waals surface area contributed by atoms with Crippen molar-refractivity contribution in [2.75, 3.05) is 18.4 Å². The smallest absolute Gasteiger partial charge is 0.246 e. The van der Waals surface area contributed by atoms with Crippen LogP contribution in [-0.4, -0.2) is 50.1 Å². The molecule has 1 aliphatic heterocycles. The molecule has 2 aromatic heterocycles. The van der Waals surface area contributed by atoms with Gasteiger partial charge in [0.25, 0.3) is 0 Å². The van der Waals surface area contributed by atoms with Crippen LogP contribution in [0.4, 0.5) is 11.5 Å². The second kappa shape index (κ2) is 7.32. The summed E-state index contributed by atoms with van der Waals surface area (Å²) in [5.74, 6) is 0.788. The molecular weight excluding hydrogens is 382 g/mol. The van der Waals surface area contributed by atoms with Gasteiger partial charge in [0, 0.05) is 11.8 Å². The number of benzene rings is 1. The zero-order chi connectivity index (χ0) is 19.7. The first-order chi connectivity index (χ1) is 13.5. The molecule has 0 radical (unpaired) electrons. The summed E-state index contributed by atoms with van der Waals surface area (Å²) >= 11 is 5.96. The quantitative estimate of drug-likeness (QED) is 0.504. The number of ether oxygens (including phenoxy) is 1. The summed E-state index contributed by atoms with van der Waals surface area (Å²) < 4.78 is 5.85. The summed E-state index contributed by atoms with van der Waals surface area (Å²) in [6, 6.07) is 8.27. The van der Waals surface area contributed by atoms with E-state index in [1.54, 1.807) is 29.2 Å². The van der Waals surface area contributed by atoms with Crippen LogP contribution in [0.3, 0.4) is 0 Å². The number of anilines is 2. The Hall–Kier alpha value is -3.39. The summed E-state index contributed by atoms with van der Waals surface area (Å²) in [5.41, 5.74) is 1.82. The van der Waals surface area contributed by atoms with Crippen LogP contribution in [0.15, 0.2) is 49.3 Å². The average molecular weight is 398 g/mol. The number of carbonyl (C=O) groups excluding carboxylic acids is 1. The van der Waals surface area contributed by atoms with Crippen molar-refractivity contribution < 1.29 is 14.6 Å². The zero-order valence-electron chi connectivity index (χ0n) is 14.7. The van der Waals surface area contributed by atoms with Gasteiger partial charge in [-0.1, -0.05) is 18.2 Å². The monoisotopic (exact) mass is 397 g/mol. The van der Waals surface area contributed by atoms with Crippen LogP contribution in [0.1, 0.15) is 0 Å². The molecule has 1 aromatic carbocycles. The highest BCUT2D eigenvalue weighted by Gasteiger charge is 2.31. The number of pyridine rings is 1. The molecule has 1 fully saturated rings. The molecule has 1 aliphatic rings. The number of rotatable bonds is 5. The Balaban J connectivity index is 1.55. The molecule has 1 amide bonds. The van der Waals surface area contributed by atoms with Crippen molar-refractivity contribution in [2.24, 2.45) is 0 Å². The van der Waals surface area contributed by atoms with Gasteiger partial charge >= 0.3 is 0 Å². The standard InChI is InChI=1S/C19H16ClN5O3/c1-2-17(27)25-8-12(9-25)28-16-6-4-14-18(24-16)19(22-10-21-14)23-11-3-5-15(26)13(20)7-11/h2-7,10,12,26H,1,8-9H2,(H,21,22,23). The predicted octanol–water partition coefficient (Wildman–Crippen LogP) is 2.90. The van der Waals surface area contributed by atoms with E-state index >= 15 is 0 Å². The molecule has 0 spiro atoms. The molecule has 0 bridgehead atoms. The lowest BCUT2D eigenvalue weighted by Gasteiger charge is -2.37. The van der Waals surface area contributed by atoms with Gasteiger partial charge in [0.15, 0.2) is 5.82 Å². The Kier molecular flexibility index (Phi) is 4.70.